The summed E-state index contributed by atoms with van der Waals surface area (Å²) in [5.41, 5.74) is 10.6. The van der Waals surface area contributed by atoms with Crippen LogP contribution in [0.4, 0.5) is 5.69 Å². The van der Waals surface area contributed by atoms with E-state index in [0.717, 1.165) is 40.2 Å². The molecule has 1 atom stereocenters. The van der Waals surface area contributed by atoms with E-state index in [9.17, 15) is 10.1 Å². The van der Waals surface area contributed by atoms with Crippen LogP contribution in [0, 0.1) is 25.2 Å². The molecule has 0 spiro atoms. The molecular weight excluding hydrogens is 354 g/mol. The SMILES string of the molecule is Cc1cc(C2C(C#N)=C(N)N(c3ccccc3)C3=C2C(=O)CCC3)c(C)s1. The zero-order valence-corrected chi connectivity index (χ0v) is 16.3. The number of benzene rings is 1. The molecule has 2 aliphatic rings. The van der Waals surface area contributed by atoms with Gasteiger partial charge in [-0.1, -0.05) is 18.2 Å². The highest BCUT2D eigenvalue weighted by Gasteiger charge is 2.41. The van der Waals surface area contributed by atoms with E-state index in [2.05, 4.69) is 26.0 Å². The zero-order valence-electron chi connectivity index (χ0n) is 15.5. The molecule has 136 valence electrons. The summed E-state index contributed by atoms with van der Waals surface area (Å²) < 4.78 is 0. The third-order valence-corrected chi connectivity index (χ3v) is 6.30. The van der Waals surface area contributed by atoms with Crippen LogP contribution in [0.5, 0.6) is 0 Å². The molecule has 1 aliphatic heterocycles. The lowest BCUT2D eigenvalue weighted by Crippen LogP contribution is -2.38. The van der Waals surface area contributed by atoms with Crippen molar-refractivity contribution in [1.29, 1.82) is 5.26 Å². The Morgan fingerprint density at radius 3 is 2.59 bits per heavy atom. The molecule has 0 bridgehead atoms. The fourth-order valence-corrected chi connectivity index (χ4v) is 5.17. The molecule has 0 saturated heterocycles. The number of nitrogens with zero attached hydrogens (tertiary/aromatic N) is 2. The Kier molecular flexibility index (Phi) is 4.37. The number of allylic oxidation sites excluding steroid dienone is 3. The third-order valence-electron chi connectivity index (χ3n) is 5.32. The predicted molar refractivity (Wildman–Crippen MR) is 108 cm³/mol. The standard InChI is InChI=1S/C22H21N3OS/c1-13-11-16(14(2)27-13)20-17(12-23)22(24)25(15-7-4-3-5-8-15)18-9-6-10-19(26)21(18)20/h3-5,7-8,11,20H,6,9-10,24H2,1-2H3. The average Bonchev–Trinajstić information content (AvgIpc) is 2.99. The van der Waals surface area contributed by atoms with Gasteiger partial charge in [0.05, 0.1) is 17.6 Å². The van der Waals surface area contributed by atoms with Crippen molar-refractivity contribution in [3.8, 4) is 6.07 Å². The maximum atomic E-state index is 13.0. The van der Waals surface area contributed by atoms with Crippen molar-refractivity contribution in [1.82, 2.24) is 0 Å². The third kappa shape index (κ3) is 2.77. The highest BCUT2D eigenvalue weighted by atomic mass is 32.1. The number of Topliss-reactive ketones (excluding diaryl/α,β-unsaturated/α-hetero) is 1. The van der Waals surface area contributed by atoms with E-state index < -0.39 is 0 Å². The summed E-state index contributed by atoms with van der Waals surface area (Å²) in [7, 11) is 0. The van der Waals surface area contributed by atoms with Crippen LogP contribution < -0.4 is 10.6 Å². The van der Waals surface area contributed by atoms with Gasteiger partial charge in [0.25, 0.3) is 0 Å². The summed E-state index contributed by atoms with van der Waals surface area (Å²) in [6.07, 6.45) is 2.12. The van der Waals surface area contributed by atoms with Gasteiger partial charge < -0.3 is 5.73 Å². The summed E-state index contributed by atoms with van der Waals surface area (Å²) in [6.45, 7) is 4.10. The van der Waals surface area contributed by atoms with Crippen molar-refractivity contribution in [2.75, 3.05) is 4.90 Å². The quantitative estimate of drug-likeness (QED) is 0.828. The van der Waals surface area contributed by atoms with Gasteiger partial charge in [-0.25, -0.2) is 0 Å². The Morgan fingerprint density at radius 2 is 1.96 bits per heavy atom. The molecule has 1 aromatic carbocycles. The largest absolute Gasteiger partial charge is 0.384 e. The zero-order chi connectivity index (χ0) is 19.1. The van der Waals surface area contributed by atoms with Crippen molar-refractivity contribution < 1.29 is 4.79 Å². The number of anilines is 1. The van der Waals surface area contributed by atoms with Crippen LogP contribution in [0.3, 0.4) is 0 Å². The molecule has 1 unspecified atom stereocenters. The Hall–Kier alpha value is -2.84. The van der Waals surface area contributed by atoms with Crippen LogP contribution in [0.1, 0.15) is 40.5 Å². The van der Waals surface area contributed by atoms with Crippen molar-refractivity contribution in [2.45, 2.75) is 39.0 Å². The van der Waals surface area contributed by atoms with Crippen LogP contribution >= 0.6 is 11.3 Å². The van der Waals surface area contributed by atoms with Crippen LogP contribution in [-0.2, 0) is 4.79 Å². The number of rotatable bonds is 2. The van der Waals surface area contributed by atoms with Crippen molar-refractivity contribution in [3.63, 3.8) is 0 Å². The first-order valence-electron chi connectivity index (χ1n) is 9.11. The summed E-state index contributed by atoms with van der Waals surface area (Å²) in [5, 5.41) is 9.99. The topological polar surface area (TPSA) is 70.1 Å². The van der Waals surface area contributed by atoms with E-state index in [4.69, 9.17) is 5.73 Å². The maximum Gasteiger partial charge on any atom is 0.161 e. The van der Waals surface area contributed by atoms with Gasteiger partial charge in [-0.05, 0) is 50.5 Å². The molecule has 0 radical (unpaired) electrons. The molecule has 2 aromatic rings. The number of ketones is 1. The Bertz CT molecular complexity index is 1020. The number of nitriles is 1. The molecule has 4 nitrogen and oxygen atoms in total. The van der Waals surface area contributed by atoms with Crippen LogP contribution in [0.15, 0.2) is 59.1 Å². The van der Waals surface area contributed by atoms with Crippen LogP contribution in [-0.4, -0.2) is 5.78 Å². The smallest absolute Gasteiger partial charge is 0.161 e. The number of nitrogens with two attached hydrogens (primary N) is 1. The van der Waals surface area contributed by atoms with E-state index in [-0.39, 0.29) is 11.7 Å². The van der Waals surface area contributed by atoms with Gasteiger partial charge in [0, 0.05) is 33.1 Å². The van der Waals surface area contributed by atoms with E-state index in [1.54, 1.807) is 11.3 Å². The predicted octanol–water partition coefficient (Wildman–Crippen LogP) is 4.67. The second-order valence-electron chi connectivity index (χ2n) is 7.02. The van der Waals surface area contributed by atoms with E-state index in [0.29, 0.717) is 17.8 Å². The van der Waals surface area contributed by atoms with E-state index in [1.807, 2.05) is 35.2 Å². The maximum absolute atomic E-state index is 13.0. The molecule has 0 fully saturated rings. The monoisotopic (exact) mass is 375 g/mol. The van der Waals surface area contributed by atoms with Crippen molar-refractivity contribution >= 4 is 22.8 Å². The van der Waals surface area contributed by atoms with Crippen LogP contribution in [0.2, 0.25) is 0 Å². The summed E-state index contributed by atoms with van der Waals surface area (Å²) in [4.78, 5) is 17.2. The molecule has 1 aliphatic carbocycles. The van der Waals surface area contributed by atoms with E-state index in [1.165, 1.54) is 4.88 Å². The van der Waals surface area contributed by atoms with Crippen molar-refractivity contribution in [2.24, 2.45) is 5.73 Å². The molecule has 27 heavy (non-hydrogen) atoms. The number of hydrogen-bond donors (Lipinski definition) is 1. The summed E-state index contributed by atoms with van der Waals surface area (Å²) in [6, 6.07) is 14.2. The number of carbonyl (C=O) groups excluding carboxylic acids is 1. The number of aryl methyl sites for hydroxylation is 2. The second-order valence-corrected chi connectivity index (χ2v) is 8.48. The molecule has 0 amide bonds. The molecule has 5 heteroatoms. The Balaban J connectivity index is 1.99. The minimum absolute atomic E-state index is 0.130. The summed E-state index contributed by atoms with van der Waals surface area (Å²) in [5.74, 6) is 0.207. The van der Waals surface area contributed by atoms with Gasteiger partial charge in [0.1, 0.15) is 5.82 Å². The highest BCUT2D eigenvalue weighted by molar-refractivity contribution is 7.12. The molecule has 1 aromatic heterocycles. The lowest BCUT2D eigenvalue weighted by molar-refractivity contribution is -0.116. The minimum Gasteiger partial charge on any atom is -0.384 e. The minimum atomic E-state index is -0.359. The molecule has 4 rings (SSSR count). The Morgan fingerprint density at radius 1 is 1.22 bits per heavy atom. The first-order valence-corrected chi connectivity index (χ1v) is 9.92. The first-order chi connectivity index (χ1) is 13.0. The van der Waals surface area contributed by atoms with Gasteiger partial charge in [0.15, 0.2) is 5.78 Å². The lowest BCUT2D eigenvalue weighted by Gasteiger charge is -2.39. The number of para-hydroxylation sites is 1. The number of thiophene rings is 1. The molecular formula is C22H21N3OS. The van der Waals surface area contributed by atoms with Gasteiger partial charge in [0.2, 0.25) is 0 Å². The molecule has 2 N–H and O–H groups in total. The van der Waals surface area contributed by atoms with Gasteiger partial charge in [-0.3, -0.25) is 9.69 Å². The first kappa shape index (κ1) is 17.6. The highest BCUT2D eigenvalue weighted by Crippen LogP contribution is 2.47. The lowest BCUT2D eigenvalue weighted by atomic mass is 9.75. The van der Waals surface area contributed by atoms with Gasteiger partial charge >= 0.3 is 0 Å². The normalized spacial score (nSPS) is 20.0. The molecule has 0 saturated carbocycles. The summed E-state index contributed by atoms with van der Waals surface area (Å²) >= 11 is 1.69. The fourth-order valence-electron chi connectivity index (χ4n) is 4.21. The van der Waals surface area contributed by atoms with Gasteiger partial charge in [-0.15, -0.1) is 11.3 Å². The number of hydrogen-bond acceptors (Lipinski definition) is 5. The number of carbonyl (C=O) groups is 1. The Labute approximate surface area is 163 Å². The van der Waals surface area contributed by atoms with Crippen molar-refractivity contribution in [3.05, 3.63) is 74.4 Å². The average molecular weight is 375 g/mol. The van der Waals surface area contributed by atoms with E-state index >= 15 is 0 Å². The molecule has 2 heterocycles. The fraction of sp³-hybridized carbons (Fsp3) is 0.273. The van der Waals surface area contributed by atoms with Crippen LogP contribution in [0.25, 0.3) is 0 Å². The van der Waals surface area contributed by atoms with Gasteiger partial charge in [-0.2, -0.15) is 5.26 Å². The second kappa shape index (κ2) is 6.71.